The molecule has 130 valence electrons. The number of nitrogens with zero attached hydrogens (tertiary/aromatic N) is 3. The van der Waals surface area contributed by atoms with Gasteiger partial charge in [0.25, 0.3) is 0 Å². The van der Waals surface area contributed by atoms with Gasteiger partial charge < -0.3 is 19.0 Å². The fourth-order valence-electron chi connectivity index (χ4n) is 2.90. The molecule has 7 nitrogen and oxygen atoms in total. The first-order chi connectivity index (χ1) is 12.2. The molecule has 7 heteroatoms. The Morgan fingerprint density at radius 1 is 1.24 bits per heavy atom. The van der Waals surface area contributed by atoms with Crippen LogP contribution in [0.2, 0.25) is 0 Å². The molecule has 4 heterocycles. The number of aromatic nitrogens is 3. The lowest BCUT2D eigenvalue weighted by atomic mass is 10.1. The molecule has 1 atom stereocenters. The minimum Gasteiger partial charge on any atom is -0.460 e. The van der Waals surface area contributed by atoms with Gasteiger partial charge in [-0.2, -0.15) is 0 Å². The molecule has 1 saturated heterocycles. The molecule has 1 fully saturated rings. The third kappa shape index (κ3) is 3.41. The second-order valence-corrected chi connectivity index (χ2v) is 6.21. The summed E-state index contributed by atoms with van der Waals surface area (Å²) in [6.45, 7) is 5.30. The lowest BCUT2D eigenvalue weighted by Crippen LogP contribution is -2.19. The molecule has 1 N–H and O–H groups in total. The van der Waals surface area contributed by atoms with Crippen LogP contribution in [0.15, 0.2) is 33.3 Å². The first kappa shape index (κ1) is 15.8. The Kier molecular flexibility index (Phi) is 4.23. The van der Waals surface area contributed by atoms with Crippen LogP contribution >= 0.6 is 0 Å². The smallest absolute Gasteiger partial charge is 0.223 e. The Morgan fingerprint density at radius 3 is 2.84 bits per heavy atom. The highest BCUT2D eigenvalue weighted by atomic mass is 16.5. The lowest BCUT2D eigenvalue weighted by molar-refractivity contribution is 0.120. The Balaban J connectivity index is 1.66. The Morgan fingerprint density at radius 2 is 2.16 bits per heavy atom. The molecule has 4 rings (SSSR count). The third-order valence-electron chi connectivity index (χ3n) is 4.17. The minimum absolute atomic E-state index is 0.217. The number of rotatable bonds is 5. The van der Waals surface area contributed by atoms with Crippen molar-refractivity contribution >= 4 is 5.95 Å². The van der Waals surface area contributed by atoms with E-state index in [-0.39, 0.29) is 6.10 Å². The van der Waals surface area contributed by atoms with Crippen molar-refractivity contribution in [1.82, 2.24) is 15.1 Å². The normalized spacial score (nSPS) is 17.1. The van der Waals surface area contributed by atoms with E-state index in [1.807, 2.05) is 32.0 Å². The van der Waals surface area contributed by atoms with E-state index in [4.69, 9.17) is 13.7 Å². The molecular formula is C18H20N4O3. The van der Waals surface area contributed by atoms with Crippen molar-refractivity contribution in [2.75, 3.05) is 18.5 Å². The van der Waals surface area contributed by atoms with Gasteiger partial charge in [-0.1, -0.05) is 5.16 Å². The van der Waals surface area contributed by atoms with Gasteiger partial charge in [0.05, 0.1) is 17.4 Å². The second-order valence-electron chi connectivity index (χ2n) is 6.21. The topological polar surface area (TPSA) is 86.2 Å². The molecule has 3 aromatic heterocycles. The molecule has 1 aliphatic heterocycles. The molecule has 0 aromatic carbocycles. The molecule has 1 aliphatic rings. The maximum absolute atomic E-state index is 5.77. The fourth-order valence-corrected chi connectivity index (χ4v) is 2.90. The van der Waals surface area contributed by atoms with E-state index in [2.05, 4.69) is 20.4 Å². The summed E-state index contributed by atoms with van der Waals surface area (Å²) in [5.74, 6) is 2.65. The van der Waals surface area contributed by atoms with Gasteiger partial charge in [0.2, 0.25) is 5.95 Å². The van der Waals surface area contributed by atoms with E-state index in [9.17, 15) is 0 Å². The van der Waals surface area contributed by atoms with Crippen LogP contribution in [0, 0.1) is 13.8 Å². The van der Waals surface area contributed by atoms with E-state index in [1.54, 1.807) is 6.20 Å². The highest BCUT2D eigenvalue weighted by molar-refractivity contribution is 5.75. The van der Waals surface area contributed by atoms with Gasteiger partial charge in [0.15, 0.2) is 11.5 Å². The number of aryl methyl sites for hydroxylation is 2. The van der Waals surface area contributed by atoms with Gasteiger partial charge >= 0.3 is 0 Å². The van der Waals surface area contributed by atoms with Crippen molar-refractivity contribution < 1.29 is 13.7 Å². The monoisotopic (exact) mass is 340 g/mol. The average molecular weight is 340 g/mol. The van der Waals surface area contributed by atoms with Crippen LogP contribution < -0.4 is 5.32 Å². The predicted molar refractivity (Wildman–Crippen MR) is 92.2 cm³/mol. The molecule has 0 amide bonds. The summed E-state index contributed by atoms with van der Waals surface area (Å²) in [5, 5.41) is 7.20. The first-order valence-corrected chi connectivity index (χ1v) is 8.42. The largest absolute Gasteiger partial charge is 0.460 e. The van der Waals surface area contributed by atoms with E-state index < -0.39 is 0 Å². The van der Waals surface area contributed by atoms with E-state index in [1.165, 1.54) is 0 Å². The van der Waals surface area contributed by atoms with Crippen LogP contribution in [0.5, 0.6) is 0 Å². The predicted octanol–water partition coefficient (Wildman–Crippen LogP) is 3.60. The second kappa shape index (κ2) is 6.68. The zero-order chi connectivity index (χ0) is 17.2. The Bertz CT molecular complexity index is 865. The molecular weight excluding hydrogens is 320 g/mol. The van der Waals surface area contributed by atoms with Crippen LogP contribution in [-0.4, -0.2) is 34.4 Å². The van der Waals surface area contributed by atoms with Crippen LogP contribution in [0.1, 0.15) is 24.3 Å². The molecule has 0 bridgehead atoms. The number of hydrogen-bond acceptors (Lipinski definition) is 7. The Labute approximate surface area is 145 Å². The maximum Gasteiger partial charge on any atom is 0.223 e. The van der Waals surface area contributed by atoms with Crippen molar-refractivity contribution in [2.45, 2.75) is 32.8 Å². The number of anilines is 1. The number of nitrogens with one attached hydrogen (secondary N) is 1. The molecule has 25 heavy (non-hydrogen) atoms. The average Bonchev–Trinajstić information content (AvgIpc) is 3.35. The zero-order valence-corrected chi connectivity index (χ0v) is 14.3. The van der Waals surface area contributed by atoms with E-state index in [0.717, 1.165) is 36.5 Å². The summed E-state index contributed by atoms with van der Waals surface area (Å²) >= 11 is 0. The van der Waals surface area contributed by atoms with Crippen LogP contribution in [0.4, 0.5) is 5.95 Å². The van der Waals surface area contributed by atoms with E-state index in [0.29, 0.717) is 29.7 Å². The standard InChI is InChI=1S/C18H20N4O3/c1-11-8-16(25-22-11)14-10-20-18(19-9-13-4-3-7-23-13)21-17(14)15-6-5-12(2)24-15/h5-6,8,10,13H,3-4,7,9H2,1-2H3,(H,19,20,21)/t13-/m0/s1. The van der Waals surface area contributed by atoms with Crippen LogP contribution in [-0.2, 0) is 4.74 Å². The minimum atomic E-state index is 0.217. The summed E-state index contributed by atoms with van der Waals surface area (Å²) in [6.07, 6.45) is 4.12. The van der Waals surface area contributed by atoms with Crippen molar-refractivity contribution in [3.8, 4) is 22.8 Å². The number of furan rings is 1. The summed E-state index contributed by atoms with van der Waals surface area (Å²) in [6, 6.07) is 5.66. The molecule has 0 unspecified atom stereocenters. The third-order valence-corrected chi connectivity index (χ3v) is 4.17. The molecule has 0 spiro atoms. The lowest BCUT2D eigenvalue weighted by Gasteiger charge is -2.12. The summed E-state index contributed by atoms with van der Waals surface area (Å²) in [5.41, 5.74) is 2.23. The Hall–Kier alpha value is -2.67. The van der Waals surface area contributed by atoms with Crippen molar-refractivity contribution in [3.63, 3.8) is 0 Å². The quantitative estimate of drug-likeness (QED) is 0.759. The summed E-state index contributed by atoms with van der Waals surface area (Å²) in [7, 11) is 0. The van der Waals surface area contributed by atoms with Crippen molar-refractivity contribution in [3.05, 3.63) is 35.9 Å². The fraction of sp³-hybridized carbons (Fsp3) is 0.389. The highest BCUT2D eigenvalue weighted by Crippen LogP contribution is 2.32. The molecule has 0 aliphatic carbocycles. The zero-order valence-electron chi connectivity index (χ0n) is 14.3. The van der Waals surface area contributed by atoms with E-state index >= 15 is 0 Å². The SMILES string of the molecule is Cc1cc(-c2cnc(NC[C@@H]3CCCO3)nc2-c2ccc(C)o2)on1. The van der Waals surface area contributed by atoms with Gasteiger partial charge in [-0.25, -0.2) is 9.97 Å². The number of hydrogen-bond donors (Lipinski definition) is 1. The maximum atomic E-state index is 5.77. The summed E-state index contributed by atoms with van der Waals surface area (Å²) in [4.78, 5) is 9.05. The molecule has 0 saturated carbocycles. The van der Waals surface area contributed by atoms with Gasteiger partial charge in [-0.3, -0.25) is 0 Å². The number of ether oxygens (including phenoxy) is 1. The highest BCUT2D eigenvalue weighted by Gasteiger charge is 2.19. The van der Waals surface area contributed by atoms with Crippen LogP contribution in [0.3, 0.4) is 0 Å². The molecule has 0 radical (unpaired) electrons. The molecule has 3 aromatic rings. The van der Waals surface area contributed by atoms with Gasteiger partial charge in [0.1, 0.15) is 11.5 Å². The van der Waals surface area contributed by atoms with Crippen molar-refractivity contribution in [2.24, 2.45) is 0 Å². The van der Waals surface area contributed by atoms with Gasteiger partial charge in [-0.15, -0.1) is 0 Å². The first-order valence-electron chi connectivity index (χ1n) is 8.42. The van der Waals surface area contributed by atoms with Gasteiger partial charge in [0, 0.05) is 25.4 Å². The summed E-state index contributed by atoms with van der Waals surface area (Å²) < 4.78 is 16.8. The van der Waals surface area contributed by atoms with Gasteiger partial charge in [-0.05, 0) is 38.8 Å². The van der Waals surface area contributed by atoms with Crippen LogP contribution in [0.25, 0.3) is 22.8 Å². The van der Waals surface area contributed by atoms with Crippen molar-refractivity contribution in [1.29, 1.82) is 0 Å².